The van der Waals surface area contributed by atoms with E-state index in [1.165, 1.54) is 11.3 Å². The average Bonchev–Trinajstić information content (AvgIpc) is 2.94. The van der Waals surface area contributed by atoms with E-state index in [2.05, 4.69) is 21.2 Å². The number of carboxylic acids is 1. The molecule has 5 nitrogen and oxygen atoms in total. The molecule has 0 radical (unpaired) electrons. The first-order valence-electron chi connectivity index (χ1n) is 5.47. The van der Waals surface area contributed by atoms with Crippen LogP contribution in [0.15, 0.2) is 15.9 Å². The van der Waals surface area contributed by atoms with E-state index in [0.717, 1.165) is 4.47 Å². The molecule has 1 saturated heterocycles. The quantitative estimate of drug-likeness (QED) is 0.881. The van der Waals surface area contributed by atoms with E-state index in [0.29, 0.717) is 24.3 Å². The van der Waals surface area contributed by atoms with Crippen molar-refractivity contribution in [1.82, 2.24) is 5.32 Å². The van der Waals surface area contributed by atoms with Gasteiger partial charge in [-0.15, -0.1) is 11.3 Å². The molecule has 1 amide bonds. The molecule has 7 heteroatoms. The predicted molar refractivity (Wildman–Crippen MR) is 69.9 cm³/mol. The molecular weight excluding hydrogens is 322 g/mol. The normalized spacial score (nSPS) is 22.9. The Morgan fingerprint density at radius 2 is 2.33 bits per heavy atom. The maximum Gasteiger partial charge on any atom is 0.332 e. The summed E-state index contributed by atoms with van der Waals surface area (Å²) in [7, 11) is 0. The zero-order chi connectivity index (χ0) is 13.1. The molecule has 2 unspecified atom stereocenters. The van der Waals surface area contributed by atoms with Gasteiger partial charge in [-0.1, -0.05) is 0 Å². The lowest BCUT2D eigenvalue weighted by Crippen LogP contribution is -2.32. The Kier molecular flexibility index (Phi) is 4.36. The van der Waals surface area contributed by atoms with E-state index in [1.807, 2.05) is 11.4 Å². The number of carbonyl (C=O) groups excluding carboxylic acids is 1. The molecule has 0 saturated carbocycles. The van der Waals surface area contributed by atoms with E-state index in [1.54, 1.807) is 0 Å². The topological polar surface area (TPSA) is 75.6 Å². The third-order valence-corrected chi connectivity index (χ3v) is 4.53. The van der Waals surface area contributed by atoms with E-state index in [9.17, 15) is 9.59 Å². The minimum absolute atomic E-state index is 0.167. The molecular formula is C11H12BrNO4S. The number of amides is 1. The number of halogens is 1. The van der Waals surface area contributed by atoms with Crippen LogP contribution in [0.3, 0.4) is 0 Å². The second-order valence-electron chi connectivity index (χ2n) is 3.97. The van der Waals surface area contributed by atoms with Gasteiger partial charge in [0.05, 0.1) is 6.10 Å². The lowest BCUT2D eigenvalue weighted by Gasteiger charge is -2.11. The molecule has 0 spiro atoms. The minimum Gasteiger partial charge on any atom is -0.479 e. The standard InChI is InChI=1S/C11H12BrNO4S/c12-7-3-4-18-9(7)10(14)13-5-6-1-2-8(17-6)11(15)16/h3-4,6,8H,1-2,5H2,(H,13,14)(H,15,16). The highest BCUT2D eigenvalue weighted by Crippen LogP contribution is 2.23. The Hall–Kier alpha value is -0.920. The van der Waals surface area contributed by atoms with E-state index in [4.69, 9.17) is 9.84 Å². The largest absolute Gasteiger partial charge is 0.479 e. The summed E-state index contributed by atoms with van der Waals surface area (Å²) in [5, 5.41) is 13.4. The van der Waals surface area contributed by atoms with Crippen molar-refractivity contribution in [3.05, 3.63) is 20.8 Å². The van der Waals surface area contributed by atoms with Crippen LogP contribution in [0, 0.1) is 0 Å². The first kappa shape index (κ1) is 13.5. The number of rotatable bonds is 4. The Bertz CT molecular complexity index is 462. The number of aliphatic carboxylic acids is 1. The fraction of sp³-hybridized carbons (Fsp3) is 0.455. The van der Waals surface area contributed by atoms with Crippen LogP contribution in [0.1, 0.15) is 22.5 Å². The van der Waals surface area contributed by atoms with Crippen molar-refractivity contribution in [2.75, 3.05) is 6.54 Å². The third-order valence-electron chi connectivity index (χ3n) is 2.70. The highest BCUT2D eigenvalue weighted by molar-refractivity contribution is 9.10. The molecule has 2 heterocycles. The first-order chi connectivity index (χ1) is 8.58. The molecule has 18 heavy (non-hydrogen) atoms. The predicted octanol–water partition coefficient (Wildman–Crippen LogP) is 1.87. The number of ether oxygens (including phenoxy) is 1. The zero-order valence-electron chi connectivity index (χ0n) is 9.39. The van der Waals surface area contributed by atoms with Crippen molar-refractivity contribution in [2.45, 2.75) is 25.0 Å². The van der Waals surface area contributed by atoms with Crippen molar-refractivity contribution >= 4 is 39.1 Å². The zero-order valence-corrected chi connectivity index (χ0v) is 11.8. The SMILES string of the molecule is O=C(NCC1CCC(C(=O)O)O1)c1sccc1Br. The summed E-state index contributed by atoms with van der Waals surface area (Å²) in [4.78, 5) is 23.1. The maximum atomic E-state index is 11.8. The van der Waals surface area contributed by atoms with Crippen LogP contribution in [-0.4, -0.2) is 35.7 Å². The second-order valence-corrected chi connectivity index (χ2v) is 5.74. The molecule has 1 fully saturated rings. The first-order valence-corrected chi connectivity index (χ1v) is 7.14. The molecule has 98 valence electrons. The van der Waals surface area contributed by atoms with Crippen LogP contribution in [-0.2, 0) is 9.53 Å². The molecule has 2 rings (SSSR count). The molecule has 0 bridgehead atoms. The molecule has 2 atom stereocenters. The van der Waals surface area contributed by atoms with Crippen molar-refractivity contribution in [3.8, 4) is 0 Å². The summed E-state index contributed by atoms with van der Waals surface area (Å²) in [5.41, 5.74) is 0. The molecule has 2 N–H and O–H groups in total. The summed E-state index contributed by atoms with van der Waals surface area (Å²) in [6.07, 6.45) is 0.204. The lowest BCUT2D eigenvalue weighted by atomic mass is 10.2. The van der Waals surface area contributed by atoms with Gasteiger partial charge in [0.25, 0.3) is 5.91 Å². The summed E-state index contributed by atoms with van der Waals surface area (Å²) < 4.78 is 6.06. The summed E-state index contributed by atoms with van der Waals surface area (Å²) in [5.74, 6) is -1.11. The van der Waals surface area contributed by atoms with Gasteiger partial charge in [0, 0.05) is 11.0 Å². The molecule has 1 aromatic rings. The van der Waals surface area contributed by atoms with Gasteiger partial charge in [0.15, 0.2) is 6.10 Å². The smallest absolute Gasteiger partial charge is 0.332 e. The van der Waals surface area contributed by atoms with Gasteiger partial charge in [-0.2, -0.15) is 0 Å². The third kappa shape index (κ3) is 3.09. The van der Waals surface area contributed by atoms with E-state index < -0.39 is 12.1 Å². The Morgan fingerprint density at radius 3 is 2.89 bits per heavy atom. The number of thiophene rings is 1. The van der Waals surface area contributed by atoms with E-state index in [-0.39, 0.29) is 12.0 Å². The summed E-state index contributed by atoms with van der Waals surface area (Å²) >= 11 is 4.64. The van der Waals surface area contributed by atoms with Gasteiger partial charge in [-0.05, 0) is 40.2 Å². The number of hydrogen-bond acceptors (Lipinski definition) is 4. The molecule has 1 aliphatic rings. The van der Waals surface area contributed by atoms with Gasteiger partial charge in [0.1, 0.15) is 4.88 Å². The minimum atomic E-state index is -0.940. The van der Waals surface area contributed by atoms with Crippen molar-refractivity contribution < 1.29 is 19.4 Å². The number of hydrogen-bond donors (Lipinski definition) is 2. The monoisotopic (exact) mass is 333 g/mol. The fourth-order valence-electron chi connectivity index (χ4n) is 1.78. The van der Waals surface area contributed by atoms with Crippen LogP contribution in [0.5, 0.6) is 0 Å². The fourth-order valence-corrected chi connectivity index (χ4v) is 3.25. The van der Waals surface area contributed by atoms with Crippen LogP contribution >= 0.6 is 27.3 Å². The van der Waals surface area contributed by atoms with Gasteiger partial charge < -0.3 is 15.2 Å². The molecule has 1 aliphatic heterocycles. The highest BCUT2D eigenvalue weighted by atomic mass is 79.9. The van der Waals surface area contributed by atoms with Crippen molar-refractivity contribution in [2.24, 2.45) is 0 Å². The van der Waals surface area contributed by atoms with Gasteiger partial charge in [-0.3, -0.25) is 4.79 Å². The number of nitrogens with one attached hydrogen (secondary N) is 1. The van der Waals surface area contributed by atoms with Crippen molar-refractivity contribution in [1.29, 1.82) is 0 Å². The van der Waals surface area contributed by atoms with Crippen molar-refractivity contribution in [3.63, 3.8) is 0 Å². The van der Waals surface area contributed by atoms with Gasteiger partial charge >= 0.3 is 5.97 Å². The van der Waals surface area contributed by atoms with Crippen LogP contribution in [0.2, 0.25) is 0 Å². The maximum absolute atomic E-state index is 11.8. The van der Waals surface area contributed by atoms with E-state index >= 15 is 0 Å². The Labute approximate surface area is 116 Å². The number of carbonyl (C=O) groups is 2. The van der Waals surface area contributed by atoms with Crippen LogP contribution < -0.4 is 5.32 Å². The molecule has 0 aliphatic carbocycles. The lowest BCUT2D eigenvalue weighted by molar-refractivity contribution is -0.149. The Balaban J connectivity index is 1.81. The number of carboxylic acid groups (broad SMARTS) is 1. The average molecular weight is 334 g/mol. The summed E-state index contributed by atoms with van der Waals surface area (Å²) in [6, 6.07) is 1.81. The molecule has 0 aromatic carbocycles. The molecule has 1 aromatic heterocycles. The van der Waals surface area contributed by atoms with Crippen LogP contribution in [0.25, 0.3) is 0 Å². The van der Waals surface area contributed by atoms with Gasteiger partial charge in [0.2, 0.25) is 0 Å². The van der Waals surface area contributed by atoms with Crippen LogP contribution in [0.4, 0.5) is 0 Å². The Morgan fingerprint density at radius 1 is 1.56 bits per heavy atom. The van der Waals surface area contributed by atoms with Gasteiger partial charge in [-0.25, -0.2) is 4.79 Å². The second kappa shape index (κ2) is 5.81. The summed E-state index contributed by atoms with van der Waals surface area (Å²) in [6.45, 7) is 0.340. The highest BCUT2D eigenvalue weighted by Gasteiger charge is 2.30.